The van der Waals surface area contributed by atoms with Crippen molar-refractivity contribution >= 4 is 11.7 Å². The number of carbonyl (C=O) groups is 1. The summed E-state index contributed by atoms with van der Waals surface area (Å²) in [6.45, 7) is 10.2. The van der Waals surface area contributed by atoms with Crippen LogP contribution in [-0.4, -0.2) is 11.1 Å². The Hall–Kier alpha value is -2.55. The summed E-state index contributed by atoms with van der Waals surface area (Å²) >= 11 is 0. The average Bonchev–Trinajstić information content (AvgIpc) is 2.50. The van der Waals surface area contributed by atoms with Gasteiger partial charge in [-0.25, -0.2) is 0 Å². The van der Waals surface area contributed by atoms with Crippen molar-refractivity contribution in [2.75, 3.05) is 5.32 Å². The molecule has 2 aromatic carbocycles. The zero-order valence-electron chi connectivity index (χ0n) is 14.6. The lowest BCUT2D eigenvalue weighted by Crippen LogP contribution is -2.11. The topological polar surface area (TPSA) is 49.3 Å². The number of carboxylic acid groups (broad SMARTS) is 1. The van der Waals surface area contributed by atoms with E-state index in [0.717, 1.165) is 28.1 Å². The van der Waals surface area contributed by atoms with Crippen molar-refractivity contribution in [1.29, 1.82) is 0 Å². The third-order valence-corrected chi connectivity index (χ3v) is 4.25. The van der Waals surface area contributed by atoms with Gasteiger partial charge in [0, 0.05) is 11.4 Å². The van der Waals surface area contributed by atoms with Crippen molar-refractivity contribution in [2.45, 2.75) is 39.5 Å². The highest BCUT2D eigenvalue weighted by Crippen LogP contribution is 2.30. The highest BCUT2D eigenvalue weighted by Gasteiger charge is 2.18. The van der Waals surface area contributed by atoms with Crippen molar-refractivity contribution < 1.29 is 9.90 Å². The molecule has 0 heterocycles. The Kier molecular flexibility index (Phi) is 5.80. The molecule has 3 heteroatoms. The van der Waals surface area contributed by atoms with Crippen molar-refractivity contribution in [2.24, 2.45) is 0 Å². The Morgan fingerprint density at radius 3 is 2.46 bits per heavy atom. The minimum Gasteiger partial charge on any atom is -0.481 e. The summed E-state index contributed by atoms with van der Waals surface area (Å²) in [7, 11) is 0. The largest absolute Gasteiger partial charge is 0.481 e. The van der Waals surface area contributed by atoms with Crippen LogP contribution < -0.4 is 5.32 Å². The van der Waals surface area contributed by atoms with E-state index in [1.54, 1.807) is 0 Å². The molecule has 24 heavy (non-hydrogen) atoms. The number of carboxylic acids is 1. The summed E-state index contributed by atoms with van der Waals surface area (Å²) < 4.78 is 0. The molecule has 0 aliphatic carbocycles. The summed E-state index contributed by atoms with van der Waals surface area (Å²) in [6.07, 6.45) is 0.683. The lowest BCUT2D eigenvalue weighted by molar-refractivity contribution is -0.137. The Labute approximate surface area is 144 Å². The Bertz CT molecular complexity index is 749. The Morgan fingerprint density at radius 1 is 1.08 bits per heavy atom. The third kappa shape index (κ3) is 4.72. The van der Waals surface area contributed by atoms with Crippen LogP contribution in [0.4, 0.5) is 5.69 Å². The molecule has 0 radical (unpaired) electrons. The van der Waals surface area contributed by atoms with E-state index in [1.807, 2.05) is 45.0 Å². The molecular formula is C21H25NO2. The van der Waals surface area contributed by atoms with Gasteiger partial charge in [-0.1, -0.05) is 43.0 Å². The maximum Gasteiger partial charge on any atom is 0.303 e. The maximum absolute atomic E-state index is 11.3. The number of rotatable bonds is 7. The number of hydrogen-bond acceptors (Lipinski definition) is 2. The fourth-order valence-corrected chi connectivity index (χ4v) is 2.96. The van der Waals surface area contributed by atoms with Gasteiger partial charge in [-0.3, -0.25) is 4.79 Å². The van der Waals surface area contributed by atoms with Crippen LogP contribution in [-0.2, 0) is 4.79 Å². The van der Waals surface area contributed by atoms with Crippen molar-refractivity contribution in [3.8, 4) is 0 Å². The summed E-state index contributed by atoms with van der Waals surface area (Å²) in [5.41, 5.74) is 6.37. The summed E-state index contributed by atoms with van der Waals surface area (Å²) in [6, 6.07) is 14.2. The second kappa shape index (κ2) is 7.82. The van der Waals surface area contributed by atoms with E-state index < -0.39 is 5.97 Å². The Morgan fingerprint density at radius 2 is 1.79 bits per heavy atom. The molecule has 2 aromatic rings. The molecular weight excluding hydrogens is 298 g/mol. The summed E-state index contributed by atoms with van der Waals surface area (Å²) in [5, 5.41) is 12.6. The van der Waals surface area contributed by atoms with E-state index in [1.165, 1.54) is 5.56 Å². The van der Waals surface area contributed by atoms with Crippen LogP contribution in [0.15, 0.2) is 54.7 Å². The van der Waals surface area contributed by atoms with E-state index >= 15 is 0 Å². The van der Waals surface area contributed by atoms with Gasteiger partial charge in [-0.15, -0.1) is 0 Å². The standard InChI is InChI=1S/C21H25NO2/c1-14-9-10-16(3)20(11-14)22-17(4)12-18(13-21(23)24)19-8-6-5-7-15(19)2/h5-11,18,22H,4,12-13H2,1-3H3,(H,23,24). The molecule has 126 valence electrons. The molecule has 0 spiro atoms. The Balaban J connectivity index is 2.17. The van der Waals surface area contributed by atoms with Crippen LogP contribution in [0.5, 0.6) is 0 Å². The van der Waals surface area contributed by atoms with Crippen LogP contribution in [0, 0.1) is 20.8 Å². The molecule has 0 saturated heterocycles. The van der Waals surface area contributed by atoms with Gasteiger partial charge >= 0.3 is 5.97 Å². The fourth-order valence-electron chi connectivity index (χ4n) is 2.96. The quantitative estimate of drug-likeness (QED) is 0.737. The SMILES string of the molecule is C=C(CC(CC(=O)O)c1ccccc1C)Nc1cc(C)ccc1C. The van der Waals surface area contributed by atoms with Gasteiger partial charge < -0.3 is 10.4 Å². The molecule has 0 amide bonds. The second-order valence-electron chi connectivity index (χ2n) is 6.40. The van der Waals surface area contributed by atoms with E-state index in [4.69, 9.17) is 0 Å². The lowest BCUT2D eigenvalue weighted by atomic mass is 9.88. The van der Waals surface area contributed by atoms with Crippen LogP contribution in [0.1, 0.15) is 41.0 Å². The second-order valence-corrected chi connectivity index (χ2v) is 6.40. The first kappa shape index (κ1) is 17.8. The monoisotopic (exact) mass is 323 g/mol. The molecule has 0 aliphatic rings. The van der Waals surface area contributed by atoms with Gasteiger partial charge in [-0.2, -0.15) is 0 Å². The number of benzene rings is 2. The zero-order chi connectivity index (χ0) is 17.7. The molecule has 2 rings (SSSR count). The number of allylic oxidation sites excluding steroid dienone is 1. The van der Waals surface area contributed by atoms with Gasteiger partial charge in [0.15, 0.2) is 0 Å². The average molecular weight is 323 g/mol. The van der Waals surface area contributed by atoms with E-state index in [0.29, 0.717) is 6.42 Å². The lowest BCUT2D eigenvalue weighted by Gasteiger charge is -2.20. The number of nitrogens with one attached hydrogen (secondary N) is 1. The molecule has 1 atom stereocenters. The first-order valence-electron chi connectivity index (χ1n) is 8.16. The van der Waals surface area contributed by atoms with Gasteiger partial charge in [-0.05, 0) is 61.4 Å². The minimum atomic E-state index is -0.789. The molecule has 2 N–H and O–H groups in total. The van der Waals surface area contributed by atoms with Crippen LogP contribution in [0.3, 0.4) is 0 Å². The van der Waals surface area contributed by atoms with E-state index in [-0.39, 0.29) is 12.3 Å². The number of hydrogen-bond donors (Lipinski definition) is 2. The number of anilines is 1. The van der Waals surface area contributed by atoms with Gasteiger partial charge in [0.25, 0.3) is 0 Å². The van der Waals surface area contributed by atoms with Gasteiger partial charge in [0.05, 0.1) is 6.42 Å². The molecule has 0 fully saturated rings. The maximum atomic E-state index is 11.3. The van der Waals surface area contributed by atoms with E-state index in [2.05, 4.69) is 30.1 Å². The van der Waals surface area contributed by atoms with Gasteiger partial charge in [0.2, 0.25) is 0 Å². The minimum absolute atomic E-state index is 0.0891. The van der Waals surface area contributed by atoms with E-state index in [9.17, 15) is 9.90 Å². The van der Waals surface area contributed by atoms with Crippen molar-refractivity contribution in [3.63, 3.8) is 0 Å². The molecule has 0 aromatic heterocycles. The molecule has 1 unspecified atom stereocenters. The highest BCUT2D eigenvalue weighted by molar-refractivity contribution is 5.68. The van der Waals surface area contributed by atoms with Gasteiger partial charge in [0.1, 0.15) is 0 Å². The van der Waals surface area contributed by atoms with Crippen molar-refractivity contribution in [3.05, 3.63) is 77.0 Å². The smallest absolute Gasteiger partial charge is 0.303 e. The first-order chi connectivity index (χ1) is 11.4. The first-order valence-corrected chi connectivity index (χ1v) is 8.16. The summed E-state index contributed by atoms with van der Waals surface area (Å²) in [5.74, 6) is -0.878. The predicted octanol–water partition coefficient (Wildman–Crippen LogP) is 5.19. The van der Waals surface area contributed by atoms with Crippen LogP contribution in [0.25, 0.3) is 0 Å². The molecule has 0 bridgehead atoms. The zero-order valence-corrected chi connectivity index (χ0v) is 14.6. The summed E-state index contributed by atoms with van der Waals surface area (Å²) in [4.78, 5) is 11.3. The highest BCUT2D eigenvalue weighted by atomic mass is 16.4. The van der Waals surface area contributed by atoms with Crippen molar-refractivity contribution in [1.82, 2.24) is 0 Å². The fraction of sp³-hybridized carbons (Fsp3) is 0.286. The predicted molar refractivity (Wildman–Crippen MR) is 99.5 cm³/mol. The third-order valence-electron chi connectivity index (χ3n) is 4.25. The molecule has 0 saturated carbocycles. The van der Waals surface area contributed by atoms with Crippen LogP contribution >= 0.6 is 0 Å². The molecule has 3 nitrogen and oxygen atoms in total. The molecule has 0 aliphatic heterocycles. The normalized spacial score (nSPS) is 11.8. The van der Waals surface area contributed by atoms with Crippen LogP contribution in [0.2, 0.25) is 0 Å². The number of aryl methyl sites for hydroxylation is 3. The number of aliphatic carboxylic acids is 1.